The Morgan fingerprint density at radius 3 is 2.48 bits per heavy atom. The summed E-state index contributed by atoms with van der Waals surface area (Å²) in [5.41, 5.74) is 0. The van der Waals surface area contributed by atoms with Gasteiger partial charge in [-0.1, -0.05) is 0 Å². The highest BCUT2D eigenvalue weighted by atomic mass is 32.2. The summed E-state index contributed by atoms with van der Waals surface area (Å²) < 4.78 is 5.14. The summed E-state index contributed by atoms with van der Waals surface area (Å²) >= 11 is 1.14. The van der Waals surface area contributed by atoms with Crippen molar-refractivity contribution in [3.63, 3.8) is 0 Å². The fourth-order valence-electron chi connectivity index (χ4n) is 1.76. The summed E-state index contributed by atoms with van der Waals surface area (Å²) in [6.07, 6.45) is -0.0432. The Morgan fingerprint density at radius 2 is 1.90 bits per heavy atom. The van der Waals surface area contributed by atoms with Crippen LogP contribution in [0, 0.1) is 0 Å². The van der Waals surface area contributed by atoms with Gasteiger partial charge >= 0.3 is 5.97 Å². The molecule has 0 aromatic carbocycles. The second-order valence-electron chi connectivity index (χ2n) is 4.46. The summed E-state index contributed by atoms with van der Waals surface area (Å²) in [5.74, 6) is -1.53. The first-order valence-corrected chi connectivity index (χ1v) is 7.76. The highest BCUT2D eigenvalue weighted by molar-refractivity contribution is 8.00. The predicted octanol–water partition coefficient (Wildman–Crippen LogP) is -1.47. The van der Waals surface area contributed by atoms with Gasteiger partial charge in [0.05, 0.1) is 24.7 Å². The third kappa shape index (κ3) is 6.78. The molecule has 9 heteroatoms. The largest absolute Gasteiger partial charge is 0.480 e. The van der Waals surface area contributed by atoms with Gasteiger partial charge in [0, 0.05) is 26.1 Å². The van der Waals surface area contributed by atoms with Crippen LogP contribution in [0.3, 0.4) is 0 Å². The van der Waals surface area contributed by atoms with Crippen molar-refractivity contribution in [2.45, 2.75) is 12.5 Å². The van der Waals surface area contributed by atoms with Crippen LogP contribution in [-0.2, 0) is 19.1 Å². The number of hydrogen-bond acceptors (Lipinski definition) is 6. The smallest absolute Gasteiger partial charge is 0.326 e. The van der Waals surface area contributed by atoms with Gasteiger partial charge in [0.2, 0.25) is 11.8 Å². The number of thioether (sulfide) groups is 1. The SMILES string of the molecule is O=C(CSCC(=O)N1CCOCC1)N[C@H](CCO)C(=O)O. The van der Waals surface area contributed by atoms with Crippen molar-refractivity contribution >= 4 is 29.5 Å². The van der Waals surface area contributed by atoms with Crippen LogP contribution in [-0.4, -0.2) is 83.4 Å². The monoisotopic (exact) mass is 320 g/mol. The minimum absolute atomic E-state index is 0.00525. The molecule has 1 rings (SSSR count). The molecular formula is C12H20N2O6S. The fourth-order valence-corrected chi connectivity index (χ4v) is 2.49. The quantitative estimate of drug-likeness (QED) is 0.500. The van der Waals surface area contributed by atoms with Crippen molar-refractivity contribution in [1.82, 2.24) is 10.2 Å². The van der Waals surface area contributed by atoms with E-state index in [1.165, 1.54) is 0 Å². The normalized spacial score (nSPS) is 16.3. The zero-order chi connectivity index (χ0) is 15.7. The van der Waals surface area contributed by atoms with E-state index < -0.39 is 17.9 Å². The van der Waals surface area contributed by atoms with Crippen molar-refractivity contribution in [1.29, 1.82) is 0 Å². The van der Waals surface area contributed by atoms with Gasteiger partial charge in [-0.25, -0.2) is 4.79 Å². The van der Waals surface area contributed by atoms with E-state index in [0.29, 0.717) is 26.3 Å². The first kappa shape index (κ1) is 17.7. The number of aliphatic carboxylic acids is 1. The Balaban J connectivity index is 2.22. The van der Waals surface area contributed by atoms with Gasteiger partial charge in [0.25, 0.3) is 0 Å². The second kappa shape index (κ2) is 9.59. The molecule has 0 unspecified atom stereocenters. The Labute approximate surface area is 126 Å². The van der Waals surface area contributed by atoms with Crippen molar-refractivity contribution in [3.8, 4) is 0 Å². The standard InChI is InChI=1S/C12H20N2O6S/c15-4-1-9(12(18)19)13-10(16)7-21-8-11(17)14-2-5-20-6-3-14/h9,15H,1-8H2,(H,13,16)(H,18,19)/t9-/m1/s1. The fraction of sp³-hybridized carbons (Fsp3) is 0.750. The molecule has 1 fully saturated rings. The van der Waals surface area contributed by atoms with Crippen LogP contribution in [0.1, 0.15) is 6.42 Å². The number of nitrogens with one attached hydrogen (secondary N) is 1. The number of amides is 2. The lowest BCUT2D eigenvalue weighted by Gasteiger charge is -2.26. The van der Waals surface area contributed by atoms with Crippen LogP contribution in [0.4, 0.5) is 0 Å². The first-order chi connectivity index (χ1) is 10.0. The van der Waals surface area contributed by atoms with E-state index in [4.69, 9.17) is 14.9 Å². The minimum Gasteiger partial charge on any atom is -0.480 e. The van der Waals surface area contributed by atoms with Crippen LogP contribution in [0.5, 0.6) is 0 Å². The molecule has 21 heavy (non-hydrogen) atoms. The number of aliphatic hydroxyl groups is 1. The highest BCUT2D eigenvalue weighted by Crippen LogP contribution is 2.05. The average Bonchev–Trinajstić information content (AvgIpc) is 2.47. The molecule has 0 aromatic rings. The van der Waals surface area contributed by atoms with Gasteiger partial charge in [-0.15, -0.1) is 11.8 Å². The molecule has 2 amide bonds. The number of aliphatic hydroxyl groups excluding tert-OH is 1. The number of nitrogens with zero attached hydrogens (tertiary/aromatic N) is 1. The molecule has 3 N–H and O–H groups in total. The highest BCUT2D eigenvalue weighted by Gasteiger charge is 2.20. The van der Waals surface area contributed by atoms with E-state index in [2.05, 4.69) is 5.32 Å². The van der Waals surface area contributed by atoms with Crippen LogP contribution in [0.2, 0.25) is 0 Å². The third-order valence-corrected chi connectivity index (χ3v) is 3.79. The number of ether oxygens (including phenoxy) is 1. The van der Waals surface area contributed by atoms with E-state index in [-0.39, 0.29) is 30.4 Å². The Kier molecular flexibility index (Phi) is 8.09. The lowest BCUT2D eigenvalue weighted by molar-refractivity contribution is -0.142. The van der Waals surface area contributed by atoms with Crippen LogP contribution in [0.25, 0.3) is 0 Å². The molecule has 0 saturated carbocycles. The van der Waals surface area contributed by atoms with E-state index in [9.17, 15) is 14.4 Å². The summed E-state index contributed by atoms with van der Waals surface area (Å²) in [4.78, 5) is 35.9. The molecule has 0 aromatic heterocycles. The van der Waals surface area contributed by atoms with Gasteiger partial charge < -0.3 is 25.2 Å². The lowest BCUT2D eigenvalue weighted by Crippen LogP contribution is -2.43. The molecule has 1 aliphatic heterocycles. The first-order valence-electron chi connectivity index (χ1n) is 6.61. The maximum Gasteiger partial charge on any atom is 0.326 e. The molecule has 1 heterocycles. The van der Waals surface area contributed by atoms with Gasteiger partial charge in [0.15, 0.2) is 0 Å². The minimum atomic E-state index is -1.19. The number of carbonyl (C=O) groups is 3. The van der Waals surface area contributed by atoms with Crippen molar-refractivity contribution in [2.24, 2.45) is 0 Å². The van der Waals surface area contributed by atoms with Gasteiger partial charge in [-0.3, -0.25) is 9.59 Å². The van der Waals surface area contributed by atoms with Gasteiger partial charge in [-0.05, 0) is 0 Å². The number of carboxylic acid groups (broad SMARTS) is 1. The average molecular weight is 320 g/mol. The van der Waals surface area contributed by atoms with E-state index in [0.717, 1.165) is 11.8 Å². The topological polar surface area (TPSA) is 116 Å². The summed E-state index contributed by atoms with van der Waals surface area (Å²) in [6, 6.07) is -1.10. The Morgan fingerprint density at radius 1 is 1.24 bits per heavy atom. The molecule has 1 atom stereocenters. The van der Waals surface area contributed by atoms with Crippen LogP contribution in [0.15, 0.2) is 0 Å². The van der Waals surface area contributed by atoms with Gasteiger partial charge in [-0.2, -0.15) is 0 Å². The Bertz CT molecular complexity index is 373. The number of carboxylic acids is 1. The number of rotatable bonds is 8. The molecule has 120 valence electrons. The van der Waals surface area contributed by atoms with Crippen LogP contribution >= 0.6 is 11.8 Å². The summed E-state index contributed by atoms with van der Waals surface area (Å²) in [5, 5.41) is 19.8. The van der Waals surface area contributed by atoms with Crippen molar-refractivity contribution in [2.75, 3.05) is 44.4 Å². The maximum absolute atomic E-state index is 11.8. The molecule has 1 saturated heterocycles. The number of morpholine rings is 1. The maximum atomic E-state index is 11.8. The van der Waals surface area contributed by atoms with Crippen molar-refractivity contribution in [3.05, 3.63) is 0 Å². The zero-order valence-corrected chi connectivity index (χ0v) is 12.4. The lowest BCUT2D eigenvalue weighted by atomic mass is 10.2. The molecular weight excluding hydrogens is 300 g/mol. The second-order valence-corrected chi connectivity index (χ2v) is 5.44. The van der Waals surface area contributed by atoms with E-state index in [1.54, 1.807) is 4.90 Å². The molecule has 0 bridgehead atoms. The summed E-state index contributed by atoms with van der Waals surface area (Å²) in [7, 11) is 0. The Hall–Kier alpha value is -1.32. The van der Waals surface area contributed by atoms with E-state index >= 15 is 0 Å². The van der Waals surface area contributed by atoms with E-state index in [1.807, 2.05) is 0 Å². The summed E-state index contributed by atoms with van der Waals surface area (Å²) in [6.45, 7) is 1.85. The molecule has 8 nitrogen and oxygen atoms in total. The number of hydrogen-bond donors (Lipinski definition) is 3. The molecule has 0 radical (unpaired) electrons. The molecule has 0 spiro atoms. The molecule has 1 aliphatic rings. The molecule has 0 aliphatic carbocycles. The third-order valence-electron chi connectivity index (χ3n) is 2.87. The van der Waals surface area contributed by atoms with Gasteiger partial charge in [0.1, 0.15) is 6.04 Å². The predicted molar refractivity (Wildman–Crippen MR) is 76.0 cm³/mol. The zero-order valence-electron chi connectivity index (χ0n) is 11.6. The van der Waals surface area contributed by atoms with Crippen molar-refractivity contribution < 1.29 is 29.3 Å². The van der Waals surface area contributed by atoms with Crippen LogP contribution < -0.4 is 5.32 Å². The number of carbonyl (C=O) groups excluding carboxylic acids is 2.